The molecule has 3 nitrogen and oxygen atoms in total. The molecule has 2 rings (SSSR count). The Hall–Kier alpha value is -1.71. The van der Waals surface area contributed by atoms with Crippen molar-refractivity contribution in [2.45, 2.75) is 0 Å². The van der Waals surface area contributed by atoms with Crippen LogP contribution in [-0.2, 0) is 0 Å². The molecule has 0 aliphatic carbocycles. The van der Waals surface area contributed by atoms with Crippen LogP contribution in [0.1, 0.15) is 10.4 Å². The summed E-state index contributed by atoms with van der Waals surface area (Å²) in [7, 11) is 0. The Bertz CT molecular complexity index is 599. The van der Waals surface area contributed by atoms with Crippen LogP contribution in [0, 0.1) is 0 Å². The zero-order chi connectivity index (χ0) is 13.1. The molecular weight excluding hydrogens is 273 g/mol. The molecule has 0 unspecified atom stereocenters. The molecule has 0 saturated carbocycles. The van der Waals surface area contributed by atoms with Crippen molar-refractivity contribution in [3.05, 3.63) is 58.1 Å². The van der Waals surface area contributed by atoms with Gasteiger partial charge in [0.1, 0.15) is 5.75 Å². The van der Waals surface area contributed by atoms with Crippen molar-refractivity contribution in [3.63, 3.8) is 0 Å². The molecule has 2 aromatic carbocycles. The molecule has 18 heavy (non-hydrogen) atoms. The largest absolute Gasteiger partial charge is 0.506 e. The Labute approximate surface area is 114 Å². The maximum Gasteiger partial charge on any atom is 0.255 e. The van der Waals surface area contributed by atoms with Crippen molar-refractivity contribution in [1.29, 1.82) is 0 Å². The number of aromatic hydroxyl groups is 1. The number of carbonyl (C=O) groups is 1. The summed E-state index contributed by atoms with van der Waals surface area (Å²) in [6.07, 6.45) is 0. The minimum Gasteiger partial charge on any atom is -0.506 e. The van der Waals surface area contributed by atoms with E-state index in [4.69, 9.17) is 23.2 Å². The fraction of sp³-hybridized carbons (Fsp3) is 0. The van der Waals surface area contributed by atoms with Crippen LogP contribution in [0.3, 0.4) is 0 Å². The lowest BCUT2D eigenvalue weighted by Gasteiger charge is -2.07. The molecule has 0 aliphatic rings. The number of para-hydroxylation sites is 2. The van der Waals surface area contributed by atoms with Crippen LogP contribution in [0.4, 0.5) is 5.69 Å². The number of hydrogen-bond acceptors (Lipinski definition) is 2. The second kappa shape index (κ2) is 5.29. The van der Waals surface area contributed by atoms with E-state index in [0.717, 1.165) is 0 Å². The standard InChI is InChI=1S/C13H9Cl2NO2/c14-9-6-5-8(7-10(9)15)13(18)16-11-3-1-2-4-12(11)17/h1-7,17H,(H,16,18). The molecule has 0 radical (unpaired) electrons. The van der Waals surface area contributed by atoms with Crippen molar-refractivity contribution in [1.82, 2.24) is 0 Å². The second-order valence-corrected chi connectivity index (χ2v) is 4.41. The summed E-state index contributed by atoms with van der Waals surface area (Å²) in [5.41, 5.74) is 0.709. The van der Waals surface area contributed by atoms with E-state index in [1.807, 2.05) is 0 Å². The molecule has 2 N–H and O–H groups in total. The quantitative estimate of drug-likeness (QED) is 0.819. The van der Waals surface area contributed by atoms with Gasteiger partial charge in [0.2, 0.25) is 0 Å². The molecule has 0 atom stereocenters. The minimum absolute atomic E-state index is 0.00547. The highest BCUT2D eigenvalue weighted by atomic mass is 35.5. The van der Waals surface area contributed by atoms with Crippen LogP contribution in [0.15, 0.2) is 42.5 Å². The number of carbonyl (C=O) groups excluding carboxylic acids is 1. The van der Waals surface area contributed by atoms with Gasteiger partial charge >= 0.3 is 0 Å². The predicted octanol–water partition coefficient (Wildman–Crippen LogP) is 3.95. The zero-order valence-corrected chi connectivity index (χ0v) is 10.7. The highest BCUT2D eigenvalue weighted by Gasteiger charge is 2.10. The summed E-state index contributed by atoms with van der Waals surface area (Å²) < 4.78 is 0. The summed E-state index contributed by atoms with van der Waals surface area (Å²) >= 11 is 11.6. The second-order valence-electron chi connectivity index (χ2n) is 3.60. The average Bonchev–Trinajstić information content (AvgIpc) is 2.35. The van der Waals surface area contributed by atoms with E-state index in [2.05, 4.69) is 5.32 Å². The van der Waals surface area contributed by atoms with Gasteiger partial charge in [-0.3, -0.25) is 4.79 Å². The van der Waals surface area contributed by atoms with Crippen molar-refractivity contribution in [3.8, 4) is 5.75 Å². The molecular formula is C13H9Cl2NO2. The molecule has 92 valence electrons. The van der Waals surface area contributed by atoms with E-state index in [1.165, 1.54) is 12.1 Å². The number of phenols is 1. The van der Waals surface area contributed by atoms with Gasteiger partial charge in [-0.1, -0.05) is 35.3 Å². The third-order valence-corrected chi connectivity index (χ3v) is 3.07. The SMILES string of the molecule is O=C(Nc1ccccc1O)c1ccc(Cl)c(Cl)c1. The smallest absolute Gasteiger partial charge is 0.255 e. The number of nitrogens with one attached hydrogen (secondary N) is 1. The maximum atomic E-state index is 11.9. The van der Waals surface area contributed by atoms with Gasteiger partial charge in [-0.25, -0.2) is 0 Å². The molecule has 0 aliphatic heterocycles. The molecule has 0 saturated heterocycles. The Morgan fingerprint density at radius 1 is 1.06 bits per heavy atom. The highest BCUT2D eigenvalue weighted by molar-refractivity contribution is 6.42. The normalized spacial score (nSPS) is 10.1. The van der Waals surface area contributed by atoms with Crippen LogP contribution in [0.2, 0.25) is 10.0 Å². The molecule has 0 heterocycles. The van der Waals surface area contributed by atoms with Crippen LogP contribution in [0.5, 0.6) is 5.75 Å². The lowest BCUT2D eigenvalue weighted by molar-refractivity contribution is 0.102. The number of hydrogen-bond donors (Lipinski definition) is 2. The summed E-state index contributed by atoms with van der Waals surface area (Å²) in [5.74, 6) is -0.360. The van der Waals surface area contributed by atoms with E-state index in [9.17, 15) is 9.90 Å². The molecule has 1 amide bonds. The summed E-state index contributed by atoms with van der Waals surface area (Å²) in [6.45, 7) is 0. The monoisotopic (exact) mass is 281 g/mol. The Kier molecular flexibility index (Phi) is 3.75. The van der Waals surface area contributed by atoms with Crippen molar-refractivity contribution >= 4 is 34.8 Å². The van der Waals surface area contributed by atoms with Crippen LogP contribution in [-0.4, -0.2) is 11.0 Å². The van der Waals surface area contributed by atoms with Crippen molar-refractivity contribution < 1.29 is 9.90 Å². The Balaban J connectivity index is 2.22. The number of rotatable bonds is 2. The van der Waals surface area contributed by atoms with E-state index in [0.29, 0.717) is 21.3 Å². The molecule has 2 aromatic rings. The fourth-order valence-corrected chi connectivity index (χ4v) is 1.71. The minimum atomic E-state index is -0.366. The molecule has 5 heteroatoms. The topological polar surface area (TPSA) is 49.3 Å². The Morgan fingerprint density at radius 3 is 2.44 bits per heavy atom. The van der Waals surface area contributed by atoms with E-state index in [1.54, 1.807) is 30.3 Å². The van der Waals surface area contributed by atoms with Crippen molar-refractivity contribution in [2.24, 2.45) is 0 Å². The number of amides is 1. The van der Waals surface area contributed by atoms with E-state index < -0.39 is 0 Å². The molecule has 0 bridgehead atoms. The number of benzene rings is 2. The average molecular weight is 282 g/mol. The van der Waals surface area contributed by atoms with Crippen LogP contribution >= 0.6 is 23.2 Å². The fourth-order valence-electron chi connectivity index (χ4n) is 1.41. The van der Waals surface area contributed by atoms with Gasteiger partial charge in [-0.15, -0.1) is 0 Å². The summed E-state index contributed by atoms with van der Waals surface area (Å²) in [5, 5.41) is 12.8. The van der Waals surface area contributed by atoms with Gasteiger partial charge in [0.05, 0.1) is 15.7 Å². The van der Waals surface area contributed by atoms with Crippen LogP contribution in [0.25, 0.3) is 0 Å². The number of phenolic OH excluding ortho intramolecular Hbond substituents is 1. The zero-order valence-electron chi connectivity index (χ0n) is 9.15. The van der Waals surface area contributed by atoms with E-state index >= 15 is 0 Å². The highest BCUT2D eigenvalue weighted by Crippen LogP contribution is 2.25. The first-order valence-corrected chi connectivity index (χ1v) is 5.88. The molecule has 0 spiro atoms. The first-order valence-electron chi connectivity index (χ1n) is 5.12. The van der Waals surface area contributed by atoms with Gasteiger partial charge in [0, 0.05) is 5.56 Å². The lowest BCUT2D eigenvalue weighted by atomic mass is 10.2. The predicted molar refractivity (Wildman–Crippen MR) is 72.5 cm³/mol. The number of halogens is 2. The van der Waals surface area contributed by atoms with Gasteiger partial charge < -0.3 is 10.4 Å². The summed E-state index contributed by atoms with van der Waals surface area (Å²) in [4.78, 5) is 11.9. The lowest BCUT2D eigenvalue weighted by Crippen LogP contribution is -2.11. The van der Waals surface area contributed by atoms with Gasteiger partial charge in [0.25, 0.3) is 5.91 Å². The number of anilines is 1. The first kappa shape index (κ1) is 12.7. The third kappa shape index (κ3) is 2.75. The summed E-state index contributed by atoms with van der Waals surface area (Å²) in [6, 6.07) is 11.1. The third-order valence-electron chi connectivity index (χ3n) is 2.33. The van der Waals surface area contributed by atoms with Gasteiger partial charge in [-0.2, -0.15) is 0 Å². The van der Waals surface area contributed by atoms with Crippen molar-refractivity contribution in [2.75, 3.05) is 5.32 Å². The maximum absolute atomic E-state index is 11.9. The Morgan fingerprint density at radius 2 is 1.78 bits per heavy atom. The first-order chi connectivity index (χ1) is 8.58. The molecule has 0 aromatic heterocycles. The molecule has 0 fully saturated rings. The van der Waals surface area contributed by atoms with Gasteiger partial charge in [0.15, 0.2) is 0 Å². The van der Waals surface area contributed by atoms with Gasteiger partial charge in [-0.05, 0) is 30.3 Å². The van der Waals surface area contributed by atoms with Crippen LogP contribution < -0.4 is 5.32 Å². The van der Waals surface area contributed by atoms with E-state index in [-0.39, 0.29) is 11.7 Å².